The fourth-order valence-electron chi connectivity index (χ4n) is 2.97. The highest BCUT2D eigenvalue weighted by atomic mass is 19.1. The smallest absolute Gasteiger partial charge is 0.216 e. The van der Waals surface area contributed by atoms with Gasteiger partial charge in [0.1, 0.15) is 24.3 Å². The molecule has 0 saturated carbocycles. The number of ether oxygens (including phenoxy) is 2. The van der Waals surface area contributed by atoms with Gasteiger partial charge in [-0.3, -0.25) is 0 Å². The molecule has 1 fully saturated rings. The van der Waals surface area contributed by atoms with Gasteiger partial charge in [-0.1, -0.05) is 12.1 Å². The van der Waals surface area contributed by atoms with Gasteiger partial charge in [-0.15, -0.1) is 0 Å². The number of rotatable bonds is 1. The minimum atomic E-state index is -0.359. The van der Waals surface area contributed by atoms with Crippen molar-refractivity contribution in [1.29, 1.82) is 0 Å². The normalized spacial score (nSPS) is 24.1. The van der Waals surface area contributed by atoms with Crippen LogP contribution in [0.15, 0.2) is 40.8 Å². The van der Waals surface area contributed by atoms with E-state index in [1.807, 2.05) is 6.07 Å². The molecule has 0 amide bonds. The second-order valence-corrected chi connectivity index (χ2v) is 5.63. The van der Waals surface area contributed by atoms with Crippen molar-refractivity contribution in [3.63, 3.8) is 0 Å². The van der Waals surface area contributed by atoms with Gasteiger partial charge in [0.15, 0.2) is 5.84 Å². The van der Waals surface area contributed by atoms with Crippen molar-refractivity contribution in [2.45, 2.75) is 6.17 Å². The molecule has 1 saturated heterocycles. The van der Waals surface area contributed by atoms with E-state index in [0.717, 1.165) is 36.7 Å². The summed E-state index contributed by atoms with van der Waals surface area (Å²) >= 11 is 0. The van der Waals surface area contributed by atoms with Crippen LogP contribution < -0.4 is 10.6 Å². The summed E-state index contributed by atoms with van der Waals surface area (Å²) in [7, 11) is 0. The van der Waals surface area contributed by atoms with Gasteiger partial charge in [0.25, 0.3) is 0 Å². The minimum absolute atomic E-state index is 0.269. The maximum Gasteiger partial charge on any atom is 0.216 e. The van der Waals surface area contributed by atoms with Crippen molar-refractivity contribution in [2.75, 3.05) is 39.5 Å². The van der Waals surface area contributed by atoms with Gasteiger partial charge in [0.05, 0.1) is 13.2 Å². The third-order valence-corrected chi connectivity index (χ3v) is 4.10. The lowest BCUT2D eigenvalue weighted by Gasteiger charge is -2.37. The van der Waals surface area contributed by atoms with E-state index in [2.05, 4.69) is 15.5 Å². The molecule has 3 aliphatic heterocycles. The number of amidine groups is 1. The average Bonchev–Trinajstić information content (AvgIpc) is 2.61. The van der Waals surface area contributed by atoms with Crippen LogP contribution in [0.25, 0.3) is 0 Å². The van der Waals surface area contributed by atoms with Crippen molar-refractivity contribution in [2.24, 2.45) is 4.99 Å². The monoisotopic (exact) mass is 318 g/mol. The number of hydrogen-bond donors (Lipinski definition) is 2. The summed E-state index contributed by atoms with van der Waals surface area (Å²) in [6, 6.07) is 6.49. The maximum atomic E-state index is 13.5. The molecule has 3 heterocycles. The molecule has 0 radical (unpaired) electrons. The Morgan fingerprint density at radius 2 is 2.09 bits per heavy atom. The number of hydrogen-bond acceptors (Lipinski definition) is 6. The van der Waals surface area contributed by atoms with Gasteiger partial charge in [0.2, 0.25) is 5.88 Å². The van der Waals surface area contributed by atoms with Crippen LogP contribution in [0.2, 0.25) is 0 Å². The first-order chi connectivity index (χ1) is 11.3. The summed E-state index contributed by atoms with van der Waals surface area (Å²) < 4.78 is 24.7. The zero-order chi connectivity index (χ0) is 15.6. The zero-order valence-electron chi connectivity index (χ0n) is 12.7. The Morgan fingerprint density at radius 1 is 1.22 bits per heavy atom. The number of benzene rings is 1. The highest BCUT2D eigenvalue weighted by Crippen LogP contribution is 2.26. The Morgan fingerprint density at radius 3 is 2.91 bits per heavy atom. The maximum absolute atomic E-state index is 13.5. The third-order valence-electron chi connectivity index (χ3n) is 4.10. The Labute approximate surface area is 134 Å². The fourth-order valence-corrected chi connectivity index (χ4v) is 2.97. The standard InChI is InChI=1S/C16H19FN4O2/c17-12-3-1-2-11(10-12)14-19-15(21-5-8-22-9-6-21)13-16(20-14)23-7-4-18-13/h1-3,10,14,18,20H,4-9H2. The van der Waals surface area contributed by atoms with Gasteiger partial charge in [0, 0.05) is 19.6 Å². The minimum Gasteiger partial charge on any atom is -0.476 e. The number of nitrogens with zero attached hydrogens (tertiary/aromatic N) is 2. The molecule has 1 aromatic carbocycles. The van der Waals surface area contributed by atoms with E-state index in [-0.39, 0.29) is 12.0 Å². The lowest BCUT2D eigenvalue weighted by molar-refractivity contribution is 0.0665. The summed E-state index contributed by atoms with van der Waals surface area (Å²) in [4.78, 5) is 7.00. The molecule has 7 heteroatoms. The molecule has 0 aromatic heterocycles. The molecule has 23 heavy (non-hydrogen) atoms. The van der Waals surface area contributed by atoms with Crippen molar-refractivity contribution < 1.29 is 13.9 Å². The predicted octanol–water partition coefficient (Wildman–Crippen LogP) is 0.947. The van der Waals surface area contributed by atoms with Gasteiger partial charge < -0.3 is 25.0 Å². The van der Waals surface area contributed by atoms with E-state index >= 15 is 0 Å². The van der Waals surface area contributed by atoms with Crippen LogP contribution in [0.5, 0.6) is 0 Å². The van der Waals surface area contributed by atoms with Crippen molar-refractivity contribution in [3.05, 3.63) is 47.2 Å². The highest BCUT2D eigenvalue weighted by Gasteiger charge is 2.31. The van der Waals surface area contributed by atoms with E-state index in [1.165, 1.54) is 12.1 Å². The van der Waals surface area contributed by atoms with Crippen LogP contribution in [0.3, 0.4) is 0 Å². The van der Waals surface area contributed by atoms with Crippen LogP contribution in [-0.4, -0.2) is 50.2 Å². The summed E-state index contributed by atoms with van der Waals surface area (Å²) in [6.45, 7) is 4.27. The number of nitrogens with one attached hydrogen (secondary N) is 2. The van der Waals surface area contributed by atoms with Gasteiger partial charge >= 0.3 is 0 Å². The lowest BCUT2D eigenvalue weighted by atomic mass is 10.1. The van der Waals surface area contributed by atoms with Crippen LogP contribution >= 0.6 is 0 Å². The van der Waals surface area contributed by atoms with Gasteiger partial charge in [-0.05, 0) is 17.7 Å². The summed E-state index contributed by atoms with van der Waals surface area (Å²) in [5, 5.41) is 6.61. The van der Waals surface area contributed by atoms with Gasteiger partial charge in [-0.2, -0.15) is 0 Å². The van der Waals surface area contributed by atoms with Crippen LogP contribution in [0.1, 0.15) is 11.7 Å². The lowest BCUT2D eigenvalue weighted by Crippen LogP contribution is -2.49. The molecule has 0 aliphatic carbocycles. The second kappa shape index (κ2) is 6.08. The molecule has 0 bridgehead atoms. The highest BCUT2D eigenvalue weighted by molar-refractivity contribution is 5.99. The van der Waals surface area contributed by atoms with Crippen molar-refractivity contribution in [1.82, 2.24) is 15.5 Å². The SMILES string of the molecule is Fc1cccc(C2N=C(N3CCOCC3)C3=C(N2)OCCN3)c1. The quantitative estimate of drug-likeness (QED) is 0.807. The predicted molar refractivity (Wildman–Crippen MR) is 83.1 cm³/mol. The molecular weight excluding hydrogens is 299 g/mol. The Bertz CT molecular complexity index is 655. The van der Waals surface area contributed by atoms with Crippen LogP contribution in [0, 0.1) is 5.82 Å². The molecule has 0 spiro atoms. The van der Waals surface area contributed by atoms with Crippen molar-refractivity contribution >= 4 is 5.84 Å². The zero-order valence-corrected chi connectivity index (χ0v) is 12.7. The molecule has 1 aromatic rings. The molecule has 3 aliphatic rings. The Kier molecular flexibility index (Phi) is 3.78. The summed E-state index contributed by atoms with van der Waals surface area (Å²) in [5.41, 5.74) is 1.65. The first kappa shape index (κ1) is 14.3. The van der Waals surface area contributed by atoms with Crippen LogP contribution in [0.4, 0.5) is 4.39 Å². The molecule has 4 rings (SSSR count). The summed E-state index contributed by atoms with van der Waals surface area (Å²) in [6.07, 6.45) is -0.359. The topological polar surface area (TPSA) is 58.1 Å². The largest absolute Gasteiger partial charge is 0.476 e. The van der Waals surface area contributed by atoms with E-state index in [1.54, 1.807) is 6.07 Å². The average molecular weight is 318 g/mol. The van der Waals surface area contributed by atoms with E-state index in [9.17, 15) is 4.39 Å². The Hall–Kier alpha value is -2.28. The first-order valence-electron chi connectivity index (χ1n) is 7.85. The second-order valence-electron chi connectivity index (χ2n) is 5.63. The van der Waals surface area contributed by atoms with Crippen molar-refractivity contribution in [3.8, 4) is 0 Å². The van der Waals surface area contributed by atoms with E-state index in [4.69, 9.17) is 14.5 Å². The molecule has 122 valence electrons. The third kappa shape index (κ3) is 2.84. The molecule has 6 nitrogen and oxygen atoms in total. The molecule has 1 atom stereocenters. The number of halogens is 1. The molecule has 2 N–H and O–H groups in total. The summed E-state index contributed by atoms with van der Waals surface area (Å²) in [5.74, 6) is 1.27. The molecular formula is C16H19FN4O2. The van der Waals surface area contributed by atoms with Gasteiger partial charge in [-0.25, -0.2) is 9.38 Å². The fraction of sp³-hybridized carbons (Fsp3) is 0.438. The number of aliphatic imine (C=N–C) groups is 1. The number of morpholine rings is 1. The van der Waals surface area contributed by atoms with E-state index in [0.29, 0.717) is 25.7 Å². The first-order valence-corrected chi connectivity index (χ1v) is 7.85. The van der Waals surface area contributed by atoms with Crippen LogP contribution in [-0.2, 0) is 9.47 Å². The molecule has 1 unspecified atom stereocenters. The van der Waals surface area contributed by atoms with E-state index < -0.39 is 0 Å². The Balaban J connectivity index is 1.69.